The van der Waals surface area contributed by atoms with E-state index < -0.39 is 34.9 Å². The molecule has 0 aliphatic heterocycles. The minimum absolute atomic E-state index is 0.178. The van der Waals surface area contributed by atoms with E-state index in [0.29, 0.717) is 0 Å². The average molecular weight is 272 g/mol. The fourth-order valence-corrected chi connectivity index (χ4v) is 1.23. The summed E-state index contributed by atoms with van der Waals surface area (Å²) in [5, 5.41) is 10.6. The molecule has 0 aromatic heterocycles. The van der Waals surface area contributed by atoms with Gasteiger partial charge in [0.25, 0.3) is 0 Å². The summed E-state index contributed by atoms with van der Waals surface area (Å²) in [4.78, 5) is 0. The number of rotatable bonds is 1. The molecule has 9 heteroatoms. The molecular formula is C9H6F6N2O. The van der Waals surface area contributed by atoms with Crippen molar-refractivity contribution < 1.29 is 31.5 Å². The molecule has 0 bridgehead atoms. The second-order valence-electron chi connectivity index (χ2n) is 3.24. The highest BCUT2D eigenvalue weighted by Crippen LogP contribution is 2.36. The van der Waals surface area contributed by atoms with Crippen LogP contribution in [-0.2, 0) is 12.4 Å². The van der Waals surface area contributed by atoms with Crippen LogP contribution in [0.15, 0.2) is 23.4 Å². The summed E-state index contributed by atoms with van der Waals surface area (Å²) < 4.78 is 74.5. The second kappa shape index (κ2) is 4.39. The number of hydrogen-bond donors (Lipinski definition) is 2. The van der Waals surface area contributed by atoms with E-state index in [0.717, 1.165) is 0 Å². The number of oxime groups is 1. The Morgan fingerprint density at radius 3 is 2.00 bits per heavy atom. The minimum Gasteiger partial charge on any atom is -0.409 e. The Bertz CT molecular complexity index is 477. The third-order valence-electron chi connectivity index (χ3n) is 2.04. The number of nitrogens with two attached hydrogens (primary N) is 1. The Labute approximate surface area is 96.5 Å². The van der Waals surface area contributed by atoms with Gasteiger partial charge in [-0.3, -0.25) is 0 Å². The van der Waals surface area contributed by atoms with Crippen LogP contribution in [0.2, 0.25) is 0 Å². The van der Waals surface area contributed by atoms with Crippen LogP contribution >= 0.6 is 0 Å². The molecule has 3 N–H and O–H groups in total. The van der Waals surface area contributed by atoms with Gasteiger partial charge in [-0.05, 0) is 18.2 Å². The molecule has 1 aromatic carbocycles. The van der Waals surface area contributed by atoms with Crippen LogP contribution in [0.25, 0.3) is 0 Å². The lowest BCUT2D eigenvalue weighted by Gasteiger charge is -2.14. The number of nitrogens with zero attached hydrogens (tertiary/aromatic N) is 1. The number of alkyl halides is 6. The van der Waals surface area contributed by atoms with Gasteiger partial charge < -0.3 is 10.9 Å². The van der Waals surface area contributed by atoms with Gasteiger partial charge in [0, 0.05) is 5.56 Å². The van der Waals surface area contributed by atoms with Gasteiger partial charge in [0.1, 0.15) is 0 Å². The average Bonchev–Trinajstić information content (AvgIpc) is 2.24. The van der Waals surface area contributed by atoms with Gasteiger partial charge in [0.15, 0.2) is 5.84 Å². The molecular weight excluding hydrogens is 266 g/mol. The molecule has 100 valence electrons. The number of benzene rings is 1. The Morgan fingerprint density at radius 1 is 1.06 bits per heavy atom. The van der Waals surface area contributed by atoms with Crippen molar-refractivity contribution >= 4 is 5.84 Å². The highest BCUT2D eigenvalue weighted by atomic mass is 19.4. The van der Waals surface area contributed by atoms with Crippen molar-refractivity contribution in [2.45, 2.75) is 12.4 Å². The van der Waals surface area contributed by atoms with E-state index in [-0.39, 0.29) is 18.2 Å². The lowest BCUT2D eigenvalue weighted by Crippen LogP contribution is -2.21. The number of amidine groups is 1. The van der Waals surface area contributed by atoms with Gasteiger partial charge in [-0.1, -0.05) is 5.16 Å². The molecule has 0 atom stereocenters. The van der Waals surface area contributed by atoms with Crippen LogP contribution in [0.4, 0.5) is 26.3 Å². The molecule has 1 rings (SSSR count). The zero-order chi connectivity index (χ0) is 14.1. The standard InChI is InChI=1S/C9H6F6N2O/c10-8(11,12)4-1-2-6(9(13,14)15)5(3-4)7(16)17-18/h1-3,18H,(H2,16,17). The first kappa shape index (κ1) is 14.1. The summed E-state index contributed by atoms with van der Waals surface area (Å²) in [5.74, 6) is -1.05. The Kier molecular flexibility index (Phi) is 3.45. The van der Waals surface area contributed by atoms with E-state index in [1.807, 2.05) is 0 Å². The first-order valence-corrected chi connectivity index (χ1v) is 4.33. The van der Waals surface area contributed by atoms with Crippen LogP contribution in [-0.4, -0.2) is 11.0 Å². The quantitative estimate of drug-likeness (QED) is 0.271. The summed E-state index contributed by atoms with van der Waals surface area (Å²) in [7, 11) is 0. The van der Waals surface area contributed by atoms with E-state index in [1.54, 1.807) is 0 Å². The predicted molar refractivity (Wildman–Crippen MR) is 49.0 cm³/mol. The lowest BCUT2D eigenvalue weighted by atomic mass is 10.0. The summed E-state index contributed by atoms with van der Waals surface area (Å²) in [6, 6.07) is 0.686. The van der Waals surface area contributed by atoms with Crippen molar-refractivity contribution in [1.82, 2.24) is 0 Å². The molecule has 0 fully saturated rings. The van der Waals surface area contributed by atoms with Crippen molar-refractivity contribution in [3.63, 3.8) is 0 Å². The van der Waals surface area contributed by atoms with Gasteiger partial charge in [0.2, 0.25) is 0 Å². The van der Waals surface area contributed by atoms with Gasteiger partial charge >= 0.3 is 12.4 Å². The van der Waals surface area contributed by atoms with E-state index in [9.17, 15) is 26.3 Å². The molecule has 0 radical (unpaired) electrons. The van der Waals surface area contributed by atoms with Crippen molar-refractivity contribution in [2.24, 2.45) is 10.9 Å². The molecule has 3 nitrogen and oxygen atoms in total. The van der Waals surface area contributed by atoms with Crippen LogP contribution < -0.4 is 5.73 Å². The largest absolute Gasteiger partial charge is 0.417 e. The van der Waals surface area contributed by atoms with Crippen LogP contribution in [0.5, 0.6) is 0 Å². The molecule has 0 unspecified atom stereocenters. The number of halogens is 6. The maximum absolute atomic E-state index is 12.5. The summed E-state index contributed by atoms with van der Waals surface area (Å²) in [6.45, 7) is 0. The van der Waals surface area contributed by atoms with Gasteiger partial charge in [-0.2, -0.15) is 26.3 Å². The smallest absolute Gasteiger partial charge is 0.409 e. The van der Waals surface area contributed by atoms with Crippen molar-refractivity contribution in [1.29, 1.82) is 0 Å². The summed E-state index contributed by atoms with van der Waals surface area (Å²) in [5.41, 5.74) is 1.18. The first-order chi connectivity index (χ1) is 8.07. The molecule has 0 saturated heterocycles. The molecule has 0 amide bonds. The molecule has 0 saturated carbocycles. The zero-order valence-corrected chi connectivity index (χ0v) is 8.47. The van der Waals surface area contributed by atoms with E-state index in [2.05, 4.69) is 5.16 Å². The van der Waals surface area contributed by atoms with Crippen molar-refractivity contribution in [3.8, 4) is 0 Å². The molecule has 0 spiro atoms. The Balaban J connectivity index is 3.50. The van der Waals surface area contributed by atoms with Crippen molar-refractivity contribution in [3.05, 3.63) is 34.9 Å². The molecule has 18 heavy (non-hydrogen) atoms. The maximum atomic E-state index is 12.5. The van der Waals surface area contributed by atoms with Crippen molar-refractivity contribution in [2.75, 3.05) is 0 Å². The maximum Gasteiger partial charge on any atom is 0.417 e. The van der Waals surface area contributed by atoms with E-state index >= 15 is 0 Å². The minimum atomic E-state index is -4.91. The highest BCUT2D eigenvalue weighted by Gasteiger charge is 2.37. The van der Waals surface area contributed by atoms with E-state index in [1.165, 1.54) is 0 Å². The number of hydrogen-bond acceptors (Lipinski definition) is 2. The van der Waals surface area contributed by atoms with Crippen LogP contribution in [0, 0.1) is 0 Å². The lowest BCUT2D eigenvalue weighted by molar-refractivity contribution is -0.141. The molecule has 0 aliphatic carbocycles. The van der Waals surface area contributed by atoms with E-state index in [4.69, 9.17) is 10.9 Å². The first-order valence-electron chi connectivity index (χ1n) is 4.33. The Hall–Kier alpha value is -1.93. The highest BCUT2D eigenvalue weighted by molar-refractivity contribution is 5.98. The van der Waals surface area contributed by atoms with Gasteiger partial charge in [-0.15, -0.1) is 0 Å². The Morgan fingerprint density at radius 2 is 1.61 bits per heavy atom. The monoisotopic (exact) mass is 272 g/mol. The topological polar surface area (TPSA) is 58.6 Å². The SMILES string of the molecule is NC(=NO)c1cc(C(F)(F)F)ccc1C(F)(F)F. The third kappa shape index (κ3) is 2.84. The molecule has 1 aromatic rings. The van der Waals surface area contributed by atoms with Gasteiger partial charge in [0.05, 0.1) is 11.1 Å². The zero-order valence-electron chi connectivity index (χ0n) is 8.47. The molecule has 0 aliphatic rings. The fourth-order valence-electron chi connectivity index (χ4n) is 1.23. The van der Waals surface area contributed by atoms with Crippen LogP contribution in [0.1, 0.15) is 16.7 Å². The third-order valence-corrected chi connectivity index (χ3v) is 2.04. The van der Waals surface area contributed by atoms with Gasteiger partial charge in [-0.25, -0.2) is 0 Å². The molecule has 0 heterocycles. The fraction of sp³-hybridized carbons (Fsp3) is 0.222. The predicted octanol–water partition coefficient (Wildman–Crippen LogP) is 2.82. The normalized spacial score (nSPS) is 13.8. The summed E-state index contributed by atoms with van der Waals surface area (Å²) in [6.07, 6.45) is -9.73. The second-order valence-corrected chi connectivity index (χ2v) is 3.24. The van der Waals surface area contributed by atoms with Crippen LogP contribution in [0.3, 0.4) is 0 Å². The summed E-state index contributed by atoms with van der Waals surface area (Å²) >= 11 is 0.